The summed E-state index contributed by atoms with van der Waals surface area (Å²) in [5.74, 6) is -0.882. The van der Waals surface area contributed by atoms with Crippen molar-refractivity contribution >= 4 is 5.97 Å². The first-order valence-corrected chi connectivity index (χ1v) is 5.35. The Morgan fingerprint density at radius 1 is 1.67 bits per heavy atom. The molecule has 0 spiro atoms. The van der Waals surface area contributed by atoms with Crippen LogP contribution in [0.2, 0.25) is 0 Å². The lowest BCUT2D eigenvalue weighted by Crippen LogP contribution is -2.42. The van der Waals surface area contributed by atoms with E-state index in [0.717, 1.165) is 25.9 Å². The van der Waals surface area contributed by atoms with Crippen molar-refractivity contribution in [2.75, 3.05) is 20.1 Å². The highest BCUT2D eigenvalue weighted by atomic mass is 16.4. The van der Waals surface area contributed by atoms with Crippen LogP contribution in [0.4, 0.5) is 0 Å². The molecular weight excluding hydrogens is 196 g/mol. The lowest BCUT2D eigenvalue weighted by atomic mass is 9.89. The zero-order valence-corrected chi connectivity index (χ0v) is 9.09. The van der Waals surface area contributed by atoms with Crippen molar-refractivity contribution in [3.8, 4) is 0 Å². The van der Waals surface area contributed by atoms with Gasteiger partial charge in [-0.3, -0.25) is 4.79 Å². The maximum atomic E-state index is 10.5. The Bertz CT molecular complexity index is 223. The van der Waals surface area contributed by atoms with E-state index in [1.54, 1.807) is 0 Å². The van der Waals surface area contributed by atoms with E-state index in [9.17, 15) is 9.90 Å². The zero-order valence-electron chi connectivity index (χ0n) is 9.09. The second-order valence-electron chi connectivity index (χ2n) is 4.41. The summed E-state index contributed by atoms with van der Waals surface area (Å²) in [5.41, 5.74) is 5.39. The lowest BCUT2D eigenvalue weighted by molar-refractivity contribution is -0.139. The normalized spacial score (nSPS) is 27.3. The number of carboxylic acids is 1. The summed E-state index contributed by atoms with van der Waals surface area (Å²) < 4.78 is 0. The predicted octanol–water partition coefficient (Wildman–Crippen LogP) is -0.509. The van der Waals surface area contributed by atoms with Crippen LogP contribution in [-0.2, 0) is 4.79 Å². The molecule has 1 aliphatic heterocycles. The predicted molar refractivity (Wildman–Crippen MR) is 56.5 cm³/mol. The van der Waals surface area contributed by atoms with Crippen molar-refractivity contribution in [3.63, 3.8) is 0 Å². The van der Waals surface area contributed by atoms with Crippen LogP contribution in [-0.4, -0.2) is 53.4 Å². The number of aliphatic hydroxyl groups is 1. The van der Waals surface area contributed by atoms with E-state index in [1.807, 2.05) is 7.05 Å². The average molecular weight is 216 g/mol. The molecule has 1 rings (SSSR count). The zero-order chi connectivity index (χ0) is 11.4. The number of aliphatic hydroxyl groups excluding tert-OH is 1. The van der Waals surface area contributed by atoms with Gasteiger partial charge in [-0.15, -0.1) is 0 Å². The van der Waals surface area contributed by atoms with Gasteiger partial charge in [-0.25, -0.2) is 0 Å². The number of carboxylic acid groups (broad SMARTS) is 1. The van der Waals surface area contributed by atoms with Gasteiger partial charge in [-0.05, 0) is 38.8 Å². The quantitative estimate of drug-likeness (QED) is 0.589. The summed E-state index contributed by atoms with van der Waals surface area (Å²) in [6, 6.07) is -0.952. The molecule has 1 aliphatic rings. The number of carbonyl (C=O) groups is 1. The molecule has 88 valence electrons. The summed E-state index contributed by atoms with van der Waals surface area (Å²) in [4.78, 5) is 12.7. The number of nitrogens with two attached hydrogens (primary N) is 1. The second kappa shape index (κ2) is 5.44. The Morgan fingerprint density at radius 3 is 2.87 bits per heavy atom. The van der Waals surface area contributed by atoms with Gasteiger partial charge in [0.1, 0.15) is 6.04 Å². The van der Waals surface area contributed by atoms with E-state index in [4.69, 9.17) is 10.8 Å². The molecule has 0 amide bonds. The number of rotatable bonds is 4. The van der Waals surface area contributed by atoms with Crippen molar-refractivity contribution in [3.05, 3.63) is 0 Å². The highest BCUT2D eigenvalue weighted by Gasteiger charge is 2.27. The monoisotopic (exact) mass is 216 g/mol. The summed E-state index contributed by atoms with van der Waals surface area (Å²) in [6.45, 7) is 1.88. The van der Waals surface area contributed by atoms with Crippen LogP contribution in [0.15, 0.2) is 0 Å². The van der Waals surface area contributed by atoms with Gasteiger partial charge < -0.3 is 20.8 Å². The van der Waals surface area contributed by atoms with Gasteiger partial charge in [0.05, 0.1) is 6.10 Å². The number of piperidine rings is 1. The van der Waals surface area contributed by atoms with Crippen molar-refractivity contribution in [1.82, 2.24) is 4.90 Å². The fraction of sp³-hybridized carbons (Fsp3) is 0.900. The molecule has 0 saturated carbocycles. The molecule has 3 unspecified atom stereocenters. The van der Waals surface area contributed by atoms with Gasteiger partial charge >= 0.3 is 5.97 Å². The van der Waals surface area contributed by atoms with Gasteiger partial charge in [0, 0.05) is 6.54 Å². The van der Waals surface area contributed by atoms with E-state index >= 15 is 0 Å². The first-order chi connectivity index (χ1) is 7.00. The molecule has 4 N–H and O–H groups in total. The number of hydrogen-bond donors (Lipinski definition) is 3. The molecule has 15 heavy (non-hydrogen) atoms. The van der Waals surface area contributed by atoms with E-state index < -0.39 is 18.1 Å². The topological polar surface area (TPSA) is 86.8 Å². The maximum absolute atomic E-state index is 10.5. The molecule has 5 nitrogen and oxygen atoms in total. The first-order valence-electron chi connectivity index (χ1n) is 5.35. The number of aliphatic carboxylic acids is 1. The largest absolute Gasteiger partial charge is 0.480 e. The van der Waals surface area contributed by atoms with Gasteiger partial charge in [0.25, 0.3) is 0 Å². The second-order valence-corrected chi connectivity index (χ2v) is 4.41. The highest BCUT2D eigenvalue weighted by molar-refractivity contribution is 5.73. The van der Waals surface area contributed by atoms with Crippen molar-refractivity contribution in [2.24, 2.45) is 11.7 Å². The Kier molecular flexibility index (Phi) is 4.50. The van der Waals surface area contributed by atoms with E-state index in [-0.39, 0.29) is 12.3 Å². The summed E-state index contributed by atoms with van der Waals surface area (Å²) in [7, 11) is 2.01. The Labute approximate surface area is 89.9 Å². The van der Waals surface area contributed by atoms with E-state index in [0.29, 0.717) is 0 Å². The Balaban J connectivity index is 2.38. The molecule has 5 heteroatoms. The van der Waals surface area contributed by atoms with E-state index in [2.05, 4.69) is 4.90 Å². The molecule has 1 saturated heterocycles. The van der Waals surface area contributed by atoms with Crippen LogP contribution in [0, 0.1) is 5.92 Å². The number of hydrogen-bond acceptors (Lipinski definition) is 4. The summed E-state index contributed by atoms with van der Waals surface area (Å²) >= 11 is 0. The minimum absolute atomic E-state index is 0.147. The summed E-state index contributed by atoms with van der Waals surface area (Å²) in [6.07, 6.45) is 1.56. The van der Waals surface area contributed by atoms with Gasteiger partial charge in [0.15, 0.2) is 0 Å². The standard InChI is InChI=1S/C10H20N2O3/c1-12-4-2-3-7(6-12)9(13)5-8(11)10(14)15/h7-9,13H,2-6,11H2,1H3,(H,14,15). The number of likely N-dealkylation sites (tertiary alicyclic amines) is 1. The molecule has 0 aromatic carbocycles. The molecular formula is C10H20N2O3. The molecule has 0 bridgehead atoms. The van der Waals surface area contributed by atoms with Crippen LogP contribution in [0.3, 0.4) is 0 Å². The first kappa shape index (κ1) is 12.4. The molecule has 1 heterocycles. The Hall–Kier alpha value is -0.650. The molecule has 3 atom stereocenters. The Morgan fingerprint density at radius 2 is 2.33 bits per heavy atom. The minimum Gasteiger partial charge on any atom is -0.480 e. The van der Waals surface area contributed by atoms with Crippen molar-refractivity contribution < 1.29 is 15.0 Å². The molecule has 0 aromatic heterocycles. The average Bonchev–Trinajstić information content (AvgIpc) is 2.17. The van der Waals surface area contributed by atoms with Gasteiger partial charge in [0.2, 0.25) is 0 Å². The minimum atomic E-state index is -1.04. The van der Waals surface area contributed by atoms with Crippen LogP contribution < -0.4 is 5.73 Å². The third-order valence-electron chi connectivity index (χ3n) is 3.02. The fourth-order valence-corrected chi connectivity index (χ4v) is 2.07. The number of nitrogens with zero attached hydrogens (tertiary/aromatic N) is 1. The van der Waals surface area contributed by atoms with Gasteiger partial charge in [-0.2, -0.15) is 0 Å². The van der Waals surface area contributed by atoms with Crippen molar-refractivity contribution in [2.45, 2.75) is 31.4 Å². The van der Waals surface area contributed by atoms with Crippen molar-refractivity contribution in [1.29, 1.82) is 0 Å². The molecule has 0 radical (unpaired) electrons. The molecule has 0 aliphatic carbocycles. The lowest BCUT2D eigenvalue weighted by Gasteiger charge is -2.33. The summed E-state index contributed by atoms with van der Waals surface area (Å²) in [5, 5.41) is 18.5. The maximum Gasteiger partial charge on any atom is 0.320 e. The van der Waals surface area contributed by atoms with Crippen LogP contribution in [0.25, 0.3) is 0 Å². The van der Waals surface area contributed by atoms with Crippen LogP contribution >= 0.6 is 0 Å². The third-order valence-corrected chi connectivity index (χ3v) is 3.02. The smallest absolute Gasteiger partial charge is 0.320 e. The van der Waals surface area contributed by atoms with Crippen LogP contribution in [0.1, 0.15) is 19.3 Å². The SMILES string of the molecule is CN1CCCC(C(O)CC(N)C(=O)O)C1. The van der Waals surface area contributed by atoms with Crippen LogP contribution in [0.5, 0.6) is 0 Å². The van der Waals surface area contributed by atoms with Gasteiger partial charge in [-0.1, -0.05) is 0 Å². The molecule has 0 aromatic rings. The third kappa shape index (κ3) is 3.77. The highest BCUT2D eigenvalue weighted by Crippen LogP contribution is 2.21. The van der Waals surface area contributed by atoms with E-state index in [1.165, 1.54) is 0 Å². The molecule has 1 fully saturated rings. The fourth-order valence-electron chi connectivity index (χ4n) is 2.07.